The molecule has 0 amide bonds. The molecule has 98 valence electrons. The van der Waals surface area contributed by atoms with E-state index in [1.165, 1.54) is 0 Å². The molecule has 13 heteroatoms. The monoisotopic (exact) mass is 298 g/mol. The van der Waals surface area contributed by atoms with Gasteiger partial charge < -0.3 is 0 Å². The molecule has 1 unspecified atom stereocenters. The highest BCUT2D eigenvalue weighted by atomic mass is 33.2. The van der Waals surface area contributed by atoms with Gasteiger partial charge in [-0.2, -0.15) is 26.3 Å². The van der Waals surface area contributed by atoms with Gasteiger partial charge in [0.25, 0.3) is 0 Å². The fourth-order valence-corrected chi connectivity index (χ4v) is 3.00. The van der Waals surface area contributed by atoms with E-state index in [2.05, 4.69) is 0 Å². The summed E-state index contributed by atoms with van der Waals surface area (Å²) in [6.07, 6.45) is -6.27. The van der Waals surface area contributed by atoms with E-state index in [9.17, 15) is 47.6 Å². The average Bonchev–Trinajstić information content (AvgIpc) is 1.98. The van der Waals surface area contributed by atoms with Crippen LogP contribution in [0.2, 0.25) is 0 Å². The summed E-state index contributed by atoms with van der Waals surface area (Å²) in [6, 6.07) is 0. The molecule has 0 spiro atoms. The quantitative estimate of drug-likeness (QED) is 0.565. The molecule has 0 bridgehead atoms. The van der Waals surface area contributed by atoms with Crippen molar-refractivity contribution >= 4 is 17.7 Å². The van der Waals surface area contributed by atoms with E-state index < -0.39 is 34.9 Å². The molecule has 16 heavy (non-hydrogen) atoms. The second kappa shape index (κ2) is 3.72. The van der Waals surface area contributed by atoms with E-state index >= 15 is 0 Å². The minimum atomic E-state index is -7.28. The smallest absolute Gasteiger partial charge is 0.218 e. The van der Waals surface area contributed by atoms with Crippen LogP contribution in [0, 0.1) is 0 Å². The number of hydrogen-bond acceptors (Lipinski definition) is 4. The Bertz CT molecular complexity index is 453. The van der Waals surface area contributed by atoms with Crippen LogP contribution in [0.5, 0.6) is 0 Å². The molecule has 0 aliphatic rings. The fraction of sp³-hybridized carbons (Fsp3) is 1.00. The molecule has 0 aromatic heterocycles. The molecule has 0 aromatic rings. The normalized spacial score (nSPS) is 17.2. The van der Waals surface area contributed by atoms with Crippen LogP contribution in [0.15, 0.2) is 0 Å². The zero-order valence-corrected chi connectivity index (χ0v) is 8.31. The highest BCUT2D eigenvalue weighted by Crippen LogP contribution is 2.36. The van der Waals surface area contributed by atoms with Gasteiger partial charge in [0, 0.05) is 0 Å². The molecule has 0 aliphatic carbocycles. The Balaban J connectivity index is 5.79. The van der Waals surface area contributed by atoms with Gasteiger partial charge in [0.1, 0.15) is 0 Å². The van der Waals surface area contributed by atoms with E-state index in [0.29, 0.717) is 0 Å². The molecule has 0 radical (unpaired) electrons. The summed E-state index contributed by atoms with van der Waals surface area (Å²) >= 11 is 0. The lowest BCUT2D eigenvalue weighted by Crippen LogP contribution is -2.42. The number of alkyl halides is 7. The first-order valence-electron chi connectivity index (χ1n) is 2.91. The lowest BCUT2D eigenvalue weighted by molar-refractivity contribution is -0.155. The summed E-state index contributed by atoms with van der Waals surface area (Å²) < 4.78 is 122. The van der Waals surface area contributed by atoms with Crippen molar-refractivity contribution in [1.82, 2.24) is 0 Å². The SMILES string of the molecule is O=S(=O)(C(F)C(F)(F)F)S(=O)(=O)C(F)(F)F. The predicted octanol–water partition coefficient (Wildman–Crippen LogP) is 1.11. The predicted molar refractivity (Wildman–Crippen MR) is 34.8 cm³/mol. The Kier molecular flexibility index (Phi) is 3.58. The average molecular weight is 298 g/mol. The topological polar surface area (TPSA) is 68.3 Å². The number of rotatable bonds is 2. The van der Waals surface area contributed by atoms with Crippen molar-refractivity contribution in [3.05, 3.63) is 0 Å². The fourth-order valence-electron chi connectivity index (χ4n) is 0.407. The summed E-state index contributed by atoms with van der Waals surface area (Å²) in [4.78, 5) is 0. The third kappa shape index (κ3) is 2.39. The zero-order chi connectivity index (χ0) is 13.6. The van der Waals surface area contributed by atoms with Gasteiger partial charge in [-0.25, -0.2) is 21.2 Å². The molecule has 0 N–H and O–H groups in total. The molecule has 0 aliphatic heterocycles. The molecule has 0 saturated carbocycles. The highest BCUT2D eigenvalue weighted by molar-refractivity contribution is 8.67. The van der Waals surface area contributed by atoms with Gasteiger partial charge in [0.15, 0.2) is 0 Å². The minimum absolute atomic E-state index is 5.15. The van der Waals surface area contributed by atoms with Gasteiger partial charge in [0.2, 0.25) is 0 Å². The Labute approximate surface area is 83.3 Å². The van der Waals surface area contributed by atoms with Crippen LogP contribution in [0.1, 0.15) is 0 Å². The Morgan fingerprint density at radius 1 is 0.812 bits per heavy atom. The maximum absolute atomic E-state index is 12.1. The van der Waals surface area contributed by atoms with Crippen LogP contribution in [0.25, 0.3) is 0 Å². The number of hydrogen-bond donors (Lipinski definition) is 0. The van der Waals surface area contributed by atoms with Crippen molar-refractivity contribution in [2.24, 2.45) is 0 Å². The molecule has 0 aromatic carbocycles. The van der Waals surface area contributed by atoms with Gasteiger partial charge in [-0.3, -0.25) is 0 Å². The van der Waals surface area contributed by atoms with E-state index in [1.54, 1.807) is 0 Å². The molecule has 0 rings (SSSR count). The highest BCUT2D eigenvalue weighted by Gasteiger charge is 2.64. The second-order valence-corrected chi connectivity index (χ2v) is 7.73. The summed E-state index contributed by atoms with van der Waals surface area (Å²) in [7, 11) is -14.4. The molecule has 0 saturated heterocycles. The van der Waals surface area contributed by atoms with Gasteiger partial charge in [-0.05, 0) is 0 Å². The number of halogens is 7. The van der Waals surface area contributed by atoms with E-state index in [0.717, 1.165) is 0 Å². The van der Waals surface area contributed by atoms with Crippen molar-refractivity contribution in [3.63, 3.8) is 0 Å². The van der Waals surface area contributed by atoms with Gasteiger partial charge >= 0.3 is 34.9 Å². The standard InChI is InChI=1S/C3HF7O4S2/c4-1(2(5,6)7)15(11,12)16(13,14)3(8,9)10/h1H. The summed E-state index contributed by atoms with van der Waals surface area (Å²) in [5.74, 6) is 0. The Hall–Kier alpha value is -0.590. The summed E-state index contributed by atoms with van der Waals surface area (Å²) in [6.45, 7) is 0. The van der Waals surface area contributed by atoms with Crippen molar-refractivity contribution in [2.45, 2.75) is 17.2 Å². The Morgan fingerprint density at radius 2 is 1.12 bits per heavy atom. The Morgan fingerprint density at radius 3 is 1.31 bits per heavy atom. The van der Waals surface area contributed by atoms with Crippen molar-refractivity contribution in [2.75, 3.05) is 0 Å². The maximum atomic E-state index is 12.1. The van der Waals surface area contributed by atoms with Gasteiger partial charge in [-0.1, -0.05) is 0 Å². The van der Waals surface area contributed by atoms with E-state index in [1.807, 2.05) is 0 Å². The lowest BCUT2D eigenvalue weighted by Gasteiger charge is -2.14. The first-order chi connectivity index (χ1) is 6.65. The maximum Gasteiger partial charge on any atom is 0.512 e. The molecular formula is C3HF7O4S2. The molecular weight excluding hydrogens is 297 g/mol. The van der Waals surface area contributed by atoms with Crippen molar-refractivity contribution < 1.29 is 47.6 Å². The molecule has 0 fully saturated rings. The third-order valence-electron chi connectivity index (χ3n) is 1.10. The van der Waals surface area contributed by atoms with Gasteiger partial charge in [-0.15, -0.1) is 0 Å². The molecule has 4 nitrogen and oxygen atoms in total. The molecule has 0 heterocycles. The van der Waals surface area contributed by atoms with Crippen molar-refractivity contribution in [3.8, 4) is 0 Å². The summed E-state index contributed by atoms with van der Waals surface area (Å²) in [5, 5.41) is 0. The van der Waals surface area contributed by atoms with Crippen LogP contribution < -0.4 is 0 Å². The minimum Gasteiger partial charge on any atom is -0.218 e. The summed E-state index contributed by atoms with van der Waals surface area (Å²) in [5.41, 5.74) is -11.7. The zero-order valence-electron chi connectivity index (χ0n) is 6.67. The second-order valence-electron chi connectivity index (χ2n) is 2.25. The van der Waals surface area contributed by atoms with Gasteiger partial charge in [0.05, 0.1) is 0 Å². The van der Waals surface area contributed by atoms with E-state index in [4.69, 9.17) is 0 Å². The first-order valence-corrected chi connectivity index (χ1v) is 6.46. The van der Waals surface area contributed by atoms with E-state index in [-0.39, 0.29) is 0 Å². The molecule has 1 atom stereocenters. The van der Waals surface area contributed by atoms with Crippen LogP contribution in [-0.4, -0.2) is 34.0 Å². The van der Waals surface area contributed by atoms with Crippen molar-refractivity contribution in [1.29, 1.82) is 0 Å². The lowest BCUT2D eigenvalue weighted by atomic mass is 10.7. The van der Waals surface area contributed by atoms with Crippen LogP contribution in [0.4, 0.5) is 30.7 Å². The first kappa shape index (κ1) is 15.4. The van der Waals surface area contributed by atoms with Crippen LogP contribution >= 0.6 is 0 Å². The van der Waals surface area contributed by atoms with Crippen LogP contribution in [0.3, 0.4) is 0 Å². The largest absolute Gasteiger partial charge is 0.512 e. The van der Waals surface area contributed by atoms with Crippen LogP contribution in [-0.2, 0) is 17.7 Å². The third-order valence-corrected chi connectivity index (χ3v) is 5.96.